The third kappa shape index (κ3) is 1.33. The van der Waals surface area contributed by atoms with E-state index in [1.54, 1.807) is 20.1 Å². The van der Waals surface area contributed by atoms with E-state index in [2.05, 4.69) is 0 Å². The summed E-state index contributed by atoms with van der Waals surface area (Å²) in [6.45, 7) is 2.76. The van der Waals surface area contributed by atoms with Gasteiger partial charge in [-0.15, -0.1) is 0 Å². The second kappa shape index (κ2) is 3.33. The van der Waals surface area contributed by atoms with Gasteiger partial charge < -0.3 is 9.47 Å². The van der Waals surface area contributed by atoms with Crippen molar-refractivity contribution in [1.29, 1.82) is 0 Å². The Hall–Kier alpha value is -0.930. The first-order valence-electron chi connectivity index (χ1n) is 4.57. The lowest BCUT2D eigenvalue weighted by atomic mass is 9.91. The highest BCUT2D eigenvalue weighted by atomic mass is 19.1. The fourth-order valence-electron chi connectivity index (χ4n) is 1.57. The van der Waals surface area contributed by atoms with E-state index in [-0.39, 0.29) is 5.82 Å². The van der Waals surface area contributed by atoms with Gasteiger partial charge in [0, 0.05) is 7.11 Å². The van der Waals surface area contributed by atoms with Crippen LogP contribution in [0.3, 0.4) is 0 Å². The molecule has 76 valence electrons. The highest BCUT2D eigenvalue weighted by Gasteiger charge is 2.40. The molecule has 1 fully saturated rings. The van der Waals surface area contributed by atoms with Crippen LogP contribution >= 0.6 is 0 Å². The first kappa shape index (κ1) is 9.62. The van der Waals surface area contributed by atoms with Crippen LogP contribution in [-0.2, 0) is 15.1 Å². The third-order valence-corrected chi connectivity index (χ3v) is 2.76. The molecule has 0 unspecified atom stereocenters. The molecule has 1 aromatic rings. The Balaban J connectivity index is 2.36. The zero-order valence-corrected chi connectivity index (χ0v) is 8.34. The van der Waals surface area contributed by atoms with Gasteiger partial charge in [-0.3, -0.25) is 0 Å². The first-order valence-corrected chi connectivity index (χ1v) is 4.57. The maximum atomic E-state index is 13.3. The summed E-state index contributed by atoms with van der Waals surface area (Å²) in [5, 5.41) is 0. The predicted molar refractivity (Wildman–Crippen MR) is 50.6 cm³/mol. The molecule has 1 aliphatic rings. The zero-order valence-electron chi connectivity index (χ0n) is 8.34. The second-order valence-corrected chi connectivity index (χ2v) is 3.66. The van der Waals surface area contributed by atoms with Gasteiger partial charge in [0.25, 0.3) is 0 Å². The van der Waals surface area contributed by atoms with Crippen molar-refractivity contribution in [2.24, 2.45) is 0 Å². The van der Waals surface area contributed by atoms with Crippen LogP contribution < -0.4 is 0 Å². The molecule has 1 aromatic carbocycles. The van der Waals surface area contributed by atoms with Crippen molar-refractivity contribution >= 4 is 0 Å². The van der Waals surface area contributed by atoms with Gasteiger partial charge in [-0.2, -0.15) is 0 Å². The van der Waals surface area contributed by atoms with E-state index in [0.717, 1.165) is 5.56 Å². The van der Waals surface area contributed by atoms with E-state index in [9.17, 15) is 4.39 Å². The summed E-state index contributed by atoms with van der Waals surface area (Å²) >= 11 is 0. The summed E-state index contributed by atoms with van der Waals surface area (Å²) in [7, 11) is 1.63. The molecule has 2 nitrogen and oxygen atoms in total. The van der Waals surface area contributed by atoms with Crippen LogP contribution in [0.15, 0.2) is 18.2 Å². The van der Waals surface area contributed by atoms with Crippen LogP contribution in [0.25, 0.3) is 0 Å². The van der Waals surface area contributed by atoms with Gasteiger partial charge in [0.05, 0.1) is 13.2 Å². The molecule has 2 rings (SSSR count). The van der Waals surface area contributed by atoms with Crippen molar-refractivity contribution in [2.45, 2.75) is 12.5 Å². The zero-order chi connectivity index (χ0) is 10.2. The summed E-state index contributed by atoms with van der Waals surface area (Å²) in [5.74, 6) is -0.189. The van der Waals surface area contributed by atoms with E-state index in [0.29, 0.717) is 18.8 Å². The van der Waals surface area contributed by atoms with Crippen LogP contribution in [0.2, 0.25) is 0 Å². The molecule has 3 heteroatoms. The molecular formula is C11H13FO2. The molecule has 0 aliphatic carbocycles. The molecule has 14 heavy (non-hydrogen) atoms. The van der Waals surface area contributed by atoms with Crippen LogP contribution in [-0.4, -0.2) is 20.3 Å². The first-order chi connectivity index (χ1) is 6.68. The Morgan fingerprint density at radius 3 is 2.57 bits per heavy atom. The summed E-state index contributed by atoms with van der Waals surface area (Å²) < 4.78 is 23.8. The second-order valence-electron chi connectivity index (χ2n) is 3.66. The molecule has 0 N–H and O–H groups in total. The molecular weight excluding hydrogens is 183 g/mol. The van der Waals surface area contributed by atoms with E-state index < -0.39 is 5.60 Å². The minimum atomic E-state index is -0.422. The van der Waals surface area contributed by atoms with Crippen molar-refractivity contribution < 1.29 is 13.9 Å². The Morgan fingerprint density at radius 1 is 1.43 bits per heavy atom. The molecule has 1 heterocycles. The number of methoxy groups -OCH3 is 1. The van der Waals surface area contributed by atoms with Crippen LogP contribution in [0.1, 0.15) is 11.1 Å². The molecule has 0 radical (unpaired) electrons. The van der Waals surface area contributed by atoms with Gasteiger partial charge in [-0.1, -0.05) is 12.1 Å². The lowest BCUT2D eigenvalue weighted by molar-refractivity contribution is -0.202. The average molecular weight is 196 g/mol. The smallest absolute Gasteiger partial charge is 0.139 e. The maximum absolute atomic E-state index is 13.3. The number of aryl methyl sites for hydroxylation is 1. The standard InChI is InChI=1S/C11H13FO2/c1-8-3-4-9(5-10(8)12)11(13-2)6-14-7-11/h3-5H,6-7H2,1-2H3. The SMILES string of the molecule is COC1(c2ccc(C)c(F)c2)COC1. The molecule has 0 amide bonds. The Labute approximate surface area is 82.6 Å². The van der Waals surface area contributed by atoms with Crippen molar-refractivity contribution in [2.75, 3.05) is 20.3 Å². The summed E-state index contributed by atoms with van der Waals surface area (Å²) in [6.07, 6.45) is 0. The minimum absolute atomic E-state index is 0.189. The number of benzene rings is 1. The number of halogens is 1. The maximum Gasteiger partial charge on any atom is 0.139 e. The summed E-state index contributed by atoms with van der Waals surface area (Å²) in [5.41, 5.74) is 1.09. The van der Waals surface area contributed by atoms with Gasteiger partial charge in [0.15, 0.2) is 0 Å². The molecule has 1 aliphatic heterocycles. The van der Waals surface area contributed by atoms with Crippen molar-refractivity contribution in [3.63, 3.8) is 0 Å². The molecule has 0 aromatic heterocycles. The summed E-state index contributed by atoms with van der Waals surface area (Å²) in [4.78, 5) is 0. The van der Waals surface area contributed by atoms with Crippen molar-refractivity contribution in [3.8, 4) is 0 Å². The fraction of sp³-hybridized carbons (Fsp3) is 0.455. The third-order valence-electron chi connectivity index (χ3n) is 2.76. The summed E-state index contributed by atoms with van der Waals surface area (Å²) in [6, 6.07) is 5.19. The number of ether oxygens (including phenoxy) is 2. The Morgan fingerprint density at radius 2 is 2.14 bits per heavy atom. The molecule has 0 atom stereocenters. The van der Waals surface area contributed by atoms with Gasteiger partial charge in [-0.25, -0.2) is 4.39 Å². The quantitative estimate of drug-likeness (QED) is 0.720. The van der Waals surface area contributed by atoms with Crippen LogP contribution in [0, 0.1) is 12.7 Å². The van der Waals surface area contributed by atoms with E-state index in [1.807, 2.05) is 6.07 Å². The van der Waals surface area contributed by atoms with Crippen LogP contribution in [0.4, 0.5) is 4.39 Å². The highest BCUT2D eigenvalue weighted by Crippen LogP contribution is 2.33. The fourth-order valence-corrected chi connectivity index (χ4v) is 1.57. The van der Waals surface area contributed by atoms with Crippen molar-refractivity contribution in [1.82, 2.24) is 0 Å². The van der Waals surface area contributed by atoms with E-state index >= 15 is 0 Å². The van der Waals surface area contributed by atoms with E-state index in [1.165, 1.54) is 6.07 Å². The topological polar surface area (TPSA) is 18.5 Å². The van der Waals surface area contributed by atoms with E-state index in [4.69, 9.17) is 9.47 Å². The predicted octanol–water partition coefficient (Wildman–Crippen LogP) is 2.01. The molecule has 0 bridgehead atoms. The van der Waals surface area contributed by atoms with Gasteiger partial charge in [0.2, 0.25) is 0 Å². The van der Waals surface area contributed by atoms with Gasteiger partial charge in [0.1, 0.15) is 11.4 Å². The lowest BCUT2D eigenvalue weighted by Gasteiger charge is -2.40. The Bertz CT molecular complexity index is 340. The Kier molecular flexibility index (Phi) is 2.29. The normalized spacial score (nSPS) is 19.1. The van der Waals surface area contributed by atoms with Gasteiger partial charge >= 0.3 is 0 Å². The van der Waals surface area contributed by atoms with Crippen molar-refractivity contribution in [3.05, 3.63) is 35.1 Å². The molecule has 0 saturated carbocycles. The number of rotatable bonds is 2. The average Bonchev–Trinajstić information content (AvgIpc) is 2.10. The molecule has 0 spiro atoms. The number of hydrogen-bond acceptors (Lipinski definition) is 2. The highest BCUT2D eigenvalue weighted by molar-refractivity contribution is 5.29. The monoisotopic (exact) mass is 196 g/mol. The largest absolute Gasteiger partial charge is 0.375 e. The lowest BCUT2D eigenvalue weighted by Crippen LogP contribution is -2.48. The minimum Gasteiger partial charge on any atom is -0.375 e. The van der Waals surface area contributed by atoms with Crippen LogP contribution in [0.5, 0.6) is 0 Å². The van der Waals surface area contributed by atoms with Gasteiger partial charge in [-0.05, 0) is 24.1 Å². The molecule has 1 saturated heterocycles. The number of hydrogen-bond donors (Lipinski definition) is 0.